The number of ether oxygens (including phenoxy) is 1. The summed E-state index contributed by atoms with van der Waals surface area (Å²) < 4.78 is 5.37. The highest BCUT2D eigenvalue weighted by Gasteiger charge is 2.23. The Kier molecular flexibility index (Phi) is 4.29. The van der Waals surface area contributed by atoms with Gasteiger partial charge in [-0.25, -0.2) is 0 Å². The molecule has 2 aliphatic rings. The Balaban J connectivity index is 1.66. The summed E-state index contributed by atoms with van der Waals surface area (Å²) in [7, 11) is 0. The second-order valence-corrected chi connectivity index (χ2v) is 5.35. The van der Waals surface area contributed by atoms with Gasteiger partial charge in [0.05, 0.1) is 6.61 Å². The number of hydrogen-bond acceptors (Lipinski definition) is 4. The molecule has 86 valence electrons. The minimum absolute atomic E-state index is 0.0368. The van der Waals surface area contributed by atoms with E-state index >= 15 is 0 Å². The minimum Gasteiger partial charge on any atom is -0.366 e. The number of carbonyl (C=O) groups excluding carboxylic acids is 1. The van der Waals surface area contributed by atoms with Gasteiger partial charge in [-0.3, -0.25) is 4.79 Å². The van der Waals surface area contributed by atoms with E-state index in [1.807, 2.05) is 11.8 Å². The van der Waals surface area contributed by atoms with Crippen LogP contribution in [0.15, 0.2) is 0 Å². The van der Waals surface area contributed by atoms with Crippen molar-refractivity contribution in [3.05, 3.63) is 0 Å². The fraction of sp³-hybridized carbons (Fsp3) is 0.900. The van der Waals surface area contributed by atoms with Gasteiger partial charge in [-0.05, 0) is 18.6 Å². The molecule has 2 N–H and O–H groups in total. The van der Waals surface area contributed by atoms with Crippen LogP contribution in [0.2, 0.25) is 0 Å². The van der Waals surface area contributed by atoms with Crippen LogP contribution in [0, 0.1) is 0 Å². The molecule has 4 nitrogen and oxygen atoms in total. The van der Waals surface area contributed by atoms with E-state index in [4.69, 9.17) is 4.74 Å². The molecule has 2 heterocycles. The summed E-state index contributed by atoms with van der Waals surface area (Å²) >= 11 is 1.96. The fourth-order valence-corrected chi connectivity index (χ4v) is 3.07. The van der Waals surface area contributed by atoms with E-state index in [0.717, 1.165) is 13.1 Å². The van der Waals surface area contributed by atoms with Crippen molar-refractivity contribution < 1.29 is 9.53 Å². The van der Waals surface area contributed by atoms with Crippen molar-refractivity contribution in [2.75, 3.05) is 32.0 Å². The van der Waals surface area contributed by atoms with Gasteiger partial charge < -0.3 is 15.4 Å². The van der Waals surface area contributed by atoms with Gasteiger partial charge >= 0.3 is 0 Å². The molecule has 15 heavy (non-hydrogen) atoms. The molecule has 0 aromatic heterocycles. The van der Waals surface area contributed by atoms with Crippen LogP contribution < -0.4 is 10.6 Å². The standard InChI is InChI=1S/C10H18N2O2S/c13-10(9-7-11-3-4-14-9)12-6-8-2-1-5-15-8/h8-9,11H,1-7H2,(H,12,13). The fourth-order valence-electron chi connectivity index (χ4n) is 1.87. The van der Waals surface area contributed by atoms with E-state index in [-0.39, 0.29) is 12.0 Å². The summed E-state index contributed by atoms with van der Waals surface area (Å²) in [5.74, 6) is 1.27. The number of morpholine rings is 1. The molecule has 0 radical (unpaired) electrons. The number of rotatable bonds is 3. The van der Waals surface area contributed by atoms with Crippen LogP contribution in [0.5, 0.6) is 0 Å². The molecule has 0 spiro atoms. The number of nitrogens with one attached hydrogen (secondary N) is 2. The topological polar surface area (TPSA) is 50.4 Å². The van der Waals surface area contributed by atoms with Gasteiger partial charge in [0.1, 0.15) is 6.10 Å². The number of amides is 1. The van der Waals surface area contributed by atoms with Crippen molar-refractivity contribution in [3.63, 3.8) is 0 Å². The molecular formula is C10H18N2O2S. The van der Waals surface area contributed by atoms with Gasteiger partial charge in [-0.15, -0.1) is 0 Å². The van der Waals surface area contributed by atoms with E-state index in [0.29, 0.717) is 18.4 Å². The van der Waals surface area contributed by atoms with Crippen LogP contribution in [0.4, 0.5) is 0 Å². The first kappa shape index (κ1) is 11.2. The predicted octanol–water partition coefficient (Wildman–Crippen LogP) is -0.0134. The first-order chi connectivity index (χ1) is 7.36. The third-order valence-electron chi connectivity index (χ3n) is 2.75. The molecule has 2 aliphatic heterocycles. The molecule has 2 unspecified atom stereocenters. The lowest BCUT2D eigenvalue weighted by Gasteiger charge is -2.23. The Labute approximate surface area is 94.5 Å². The summed E-state index contributed by atoms with van der Waals surface area (Å²) in [6, 6.07) is 0. The van der Waals surface area contributed by atoms with Crippen molar-refractivity contribution in [1.29, 1.82) is 0 Å². The maximum Gasteiger partial charge on any atom is 0.250 e. The Bertz CT molecular complexity index is 213. The average Bonchev–Trinajstić information content (AvgIpc) is 2.80. The summed E-state index contributed by atoms with van der Waals surface area (Å²) in [5, 5.41) is 6.74. The van der Waals surface area contributed by atoms with Gasteiger partial charge in [0.25, 0.3) is 5.91 Å². The van der Waals surface area contributed by atoms with Crippen LogP contribution >= 0.6 is 11.8 Å². The van der Waals surface area contributed by atoms with Gasteiger partial charge in [0.2, 0.25) is 0 Å². The molecule has 0 aromatic rings. The maximum atomic E-state index is 11.7. The lowest BCUT2D eigenvalue weighted by atomic mass is 10.2. The summed E-state index contributed by atoms with van der Waals surface area (Å²) in [6.07, 6.45) is 2.23. The first-order valence-electron chi connectivity index (χ1n) is 5.58. The van der Waals surface area contributed by atoms with Crippen molar-refractivity contribution in [1.82, 2.24) is 10.6 Å². The zero-order valence-corrected chi connectivity index (χ0v) is 9.65. The van der Waals surface area contributed by atoms with Crippen LogP contribution in [-0.4, -0.2) is 49.3 Å². The molecule has 2 atom stereocenters. The van der Waals surface area contributed by atoms with E-state index in [1.165, 1.54) is 18.6 Å². The largest absolute Gasteiger partial charge is 0.366 e. The monoisotopic (exact) mass is 230 g/mol. The van der Waals surface area contributed by atoms with Crippen molar-refractivity contribution >= 4 is 17.7 Å². The van der Waals surface area contributed by atoms with Crippen molar-refractivity contribution in [2.45, 2.75) is 24.2 Å². The minimum atomic E-state index is -0.287. The molecule has 0 bridgehead atoms. The number of thioether (sulfide) groups is 1. The molecule has 2 saturated heterocycles. The molecule has 5 heteroatoms. The predicted molar refractivity (Wildman–Crippen MR) is 61.1 cm³/mol. The Morgan fingerprint density at radius 1 is 1.60 bits per heavy atom. The second-order valence-electron chi connectivity index (χ2n) is 3.94. The molecule has 0 saturated carbocycles. The van der Waals surface area contributed by atoms with Crippen LogP contribution in [-0.2, 0) is 9.53 Å². The normalized spacial score (nSPS) is 31.5. The van der Waals surface area contributed by atoms with E-state index < -0.39 is 0 Å². The first-order valence-corrected chi connectivity index (χ1v) is 6.63. The molecule has 1 amide bonds. The zero-order valence-electron chi connectivity index (χ0n) is 8.83. The van der Waals surface area contributed by atoms with Gasteiger partial charge in [0.15, 0.2) is 0 Å². The molecule has 2 rings (SSSR count). The Morgan fingerprint density at radius 2 is 2.53 bits per heavy atom. The lowest BCUT2D eigenvalue weighted by Crippen LogP contribution is -2.48. The number of carbonyl (C=O) groups is 1. The van der Waals surface area contributed by atoms with Crippen LogP contribution in [0.3, 0.4) is 0 Å². The lowest BCUT2D eigenvalue weighted by molar-refractivity contribution is -0.134. The van der Waals surface area contributed by atoms with Crippen molar-refractivity contribution in [3.8, 4) is 0 Å². The Hall–Kier alpha value is -0.260. The second kappa shape index (κ2) is 5.72. The van der Waals surface area contributed by atoms with E-state index in [9.17, 15) is 4.79 Å². The van der Waals surface area contributed by atoms with E-state index in [2.05, 4.69) is 10.6 Å². The summed E-state index contributed by atoms with van der Waals surface area (Å²) in [6.45, 7) is 2.92. The van der Waals surface area contributed by atoms with Crippen molar-refractivity contribution in [2.24, 2.45) is 0 Å². The molecule has 0 aromatic carbocycles. The quantitative estimate of drug-likeness (QED) is 0.716. The van der Waals surface area contributed by atoms with E-state index in [1.54, 1.807) is 0 Å². The number of hydrogen-bond donors (Lipinski definition) is 2. The third kappa shape index (κ3) is 3.36. The molecule has 2 fully saturated rings. The van der Waals surface area contributed by atoms with Gasteiger partial charge in [-0.2, -0.15) is 11.8 Å². The zero-order chi connectivity index (χ0) is 10.5. The van der Waals surface area contributed by atoms with Gasteiger partial charge in [0, 0.05) is 24.9 Å². The van der Waals surface area contributed by atoms with Crippen LogP contribution in [0.25, 0.3) is 0 Å². The van der Waals surface area contributed by atoms with Crippen LogP contribution in [0.1, 0.15) is 12.8 Å². The SMILES string of the molecule is O=C(NCC1CCCS1)C1CNCCO1. The smallest absolute Gasteiger partial charge is 0.250 e. The molecular weight excluding hydrogens is 212 g/mol. The average molecular weight is 230 g/mol. The Morgan fingerprint density at radius 3 is 3.20 bits per heavy atom. The summed E-state index contributed by atoms with van der Waals surface area (Å²) in [4.78, 5) is 11.7. The maximum absolute atomic E-state index is 11.7. The highest BCUT2D eigenvalue weighted by molar-refractivity contribution is 8.00. The molecule has 0 aliphatic carbocycles. The van der Waals surface area contributed by atoms with Gasteiger partial charge in [-0.1, -0.05) is 0 Å². The summed E-state index contributed by atoms with van der Waals surface area (Å²) in [5.41, 5.74) is 0. The highest BCUT2D eigenvalue weighted by atomic mass is 32.2. The highest BCUT2D eigenvalue weighted by Crippen LogP contribution is 2.25. The third-order valence-corrected chi connectivity index (χ3v) is 4.15.